The Morgan fingerprint density at radius 2 is 1.53 bits per heavy atom. The van der Waals surface area contributed by atoms with Crippen molar-refractivity contribution < 1.29 is 19.8 Å². The van der Waals surface area contributed by atoms with Gasteiger partial charge in [-0.1, -0.05) is 20.8 Å². The van der Waals surface area contributed by atoms with Crippen LogP contribution in [-0.2, 0) is 9.59 Å². The Morgan fingerprint density at radius 3 is 1.73 bits per heavy atom. The van der Waals surface area contributed by atoms with Crippen LogP contribution in [0.15, 0.2) is 0 Å². The molecule has 0 fully saturated rings. The van der Waals surface area contributed by atoms with Gasteiger partial charge in [-0.05, 0) is 12.3 Å². The monoisotopic (exact) mass is 217 g/mol. The molecule has 2 N–H and O–H groups in total. The number of carbonyl (C=O) groups is 2. The Morgan fingerprint density at radius 1 is 1.13 bits per heavy atom. The van der Waals surface area contributed by atoms with Gasteiger partial charge in [-0.15, -0.1) is 0 Å². The summed E-state index contributed by atoms with van der Waals surface area (Å²) >= 11 is 0. The second-order valence-electron chi connectivity index (χ2n) is 3.91. The average Bonchev–Trinajstić information content (AvgIpc) is 2.01. The predicted molar refractivity (Wildman–Crippen MR) is 55.8 cm³/mol. The molecule has 5 heteroatoms. The van der Waals surface area contributed by atoms with Crippen LogP contribution in [0.4, 0.5) is 0 Å². The largest absolute Gasteiger partial charge is 0.480 e. The van der Waals surface area contributed by atoms with Gasteiger partial charge in [0.05, 0.1) is 13.1 Å². The zero-order valence-electron chi connectivity index (χ0n) is 9.43. The normalized spacial score (nSPS) is 13.1. The maximum atomic E-state index is 10.6. The Bertz CT molecular complexity index is 211. The van der Waals surface area contributed by atoms with Crippen molar-refractivity contribution >= 4 is 11.9 Å². The molecular weight excluding hydrogens is 198 g/mol. The molecule has 5 nitrogen and oxygen atoms in total. The van der Waals surface area contributed by atoms with E-state index in [0.717, 1.165) is 6.42 Å². The van der Waals surface area contributed by atoms with Crippen molar-refractivity contribution in [1.82, 2.24) is 4.90 Å². The first-order valence-electron chi connectivity index (χ1n) is 5.06. The molecule has 15 heavy (non-hydrogen) atoms. The molecule has 0 amide bonds. The zero-order chi connectivity index (χ0) is 12.0. The summed E-state index contributed by atoms with van der Waals surface area (Å²) in [6.07, 6.45) is 0.748. The summed E-state index contributed by atoms with van der Waals surface area (Å²) in [6, 6.07) is -0.00259. The van der Waals surface area contributed by atoms with Crippen LogP contribution in [0.2, 0.25) is 0 Å². The van der Waals surface area contributed by atoms with E-state index >= 15 is 0 Å². The lowest BCUT2D eigenvalue weighted by molar-refractivity contribution is -0.143. The molecule has 0 aromatic carbocycles. The highest BCUT2D eigenvalue weighted by Crippen LogP contribution is 2.13. The van der Waals surface area contributed by atoms with Crippen LogP contribution in [0, 0.1) is 5.92 Å². The van der Waals surface area contributed by atoms with Crippen LogP contribution in [0.1, 0.15) is 27.2 Å². The molecule has 0 spiro atoms. The zero-order valence-corrected chi connectivity index (χ0v) is 9.43. The van der Waals surface area contributed by atoms with E-state index in [1.54, 1.807) is 0 Å². The Labute approximate surface area is 89.7 Å². The third-order valence-electron chi connectivity index (χ3n) is 2.33. The maximum Gasteiger partial charge on any atom is 0.317 e. The van der Waals surface area contributed by atoms with Crippen LogP contribution in [-0.4, -0.2) is 46.2 Å². The number of aliphatic carboxylic acids is 2. The van der Waals surface area contributed by atoms with Crippen LogP contribution in [0.5, 0.6) is 0 Å². The predicted octanol–water partition coefficient (Wildman–Crippen LogP) is 0.892. The molecule has 1 atom stereocenters. The van der Waals surface area contributed by atoms with Crippen molar-refractivity contribution in [3.8, 4) is 0 Å². The van der Waals surface area contributed by atoms with Gasteiger partial charge in [-0.25, -0.2) is 0 Å². The van der Waals surface area contributed by atoms with E-state index < -0.39 is 11.9 Å². The van der Waals surface area contributed by atoms with Crippen molar-refractivity contribution in [1.29, 1.82) is 0 Å². The van der Waals surface area contributed by atoms with Crippen molar-refractivity contribution in [2.45, 2.75) is 33.2 Å². The molecule has 0 aliphatic rings. The standard InChI is InChI=1S/C10H19NO4/c1-4-8(7(2)3)11(5-9(12)13)6-10(14)15/h7-8H,4-6H2,1-3H3,(H,12,13)(H,14,15). The fourth-order valence-electron chi connectivity index (χ4n) is 1.79. The molecule has 0 aromatic rings. The van der Waals surface area contributed by atoms with Gasteiger partial charge >= 0.3 is 11.9 Å². The van der Waals surface area contributed by atoms with Gasteiger partial charge < -0.3 is 10.2 Å². The van der Waals surface area contributed by atoms with Gasteiger partial charge in [0.25, 0.3) is 0 Å². The minimum atomic E-state index is -0.990. The molecular formula is C10H19NO4. The summed E-state index contributed by atoms with van der Waals surface area (Å²) in [6.45, 7) is 5.42. The van der Waals surface area contributed by atoms with Crippen molar-refractivity contribution in [3.63, 3.8) is 0 Å². The van der Waals surface area contributed by atoms with Gasteiger partial charge in [0, 0.05) is 6.04 Å². The summed E-state index contributed by atoms with van der Waals surface area (Å²) < 4.78 is 0. The Kier molecular flexibility index (Phi) is 5.93. The highest BCUT2D eigenvalue weighted by atomic mass is 16.4. The molecule has 0 radical (unpaired) electrons. The van der Waals surface area contributed by atoms with Crippen molar-refractivity contribution in [2.24, 2.45) is 5.92 Å². The lowest BCUT2D eigenvalue weighted by Crippen LogP contribution is -2.44. The van der Waals surface area contributed by atoms with Gasteiger partial charge in [0.15, 0.2) is 0 Å². The number of carboxylic acid groups (broad SMARTS) is 2. The van der Waals surface area contributed by atoms with E-state index in [9.17, 15) is 9.59 Å². The summed E-state index contributed by atoms with van der Waals surface area (Å²) in [5.41, 5.74) is 0. The lowest BCUT2D eigenvalue weighted by Gasteiger charge is -2.31. The molecule has 0 aromatic heterocycles. The first-order chi connectivity index (χ1) is 6.88. The number of hydrogen-bond donors (Lipinski definition) is 2. The van der Waals surface area contributed by atoms with E-state index in [4.69, 9.17) is 10.2 Å². The second kappa shape index (κ2) is 6.40. The fourth-order valence-corrected chi connectivity index (χ4v) is 1.79. The van der Waals surface area contributed by atoms with Crippen molar-refractivity contribution in [3.05, 3.63) is 0 Å². The second-order valence-corrected chi connectivity index (χ2v) is 3.91. The highest BCUT2D eigenvalue weighted by molar-refractivity contribution is 5.72. The number of nitrogens with zero attached hydrogens (tertiary/aromatic N) is 1. The molecule has 0 heterocycles. The smallest absolute Gasteiger partial charge is 0.317 e. The van der Waals surface area contributed by atoms with E-state index in [-0.39, 0.29) is 25.0 Å². The van der Waals surface area contributed by atoms with E-state index in [0.29, 0.717) is 0 Å². The fraction of sp³-hybridized carbons (Fsp3) is 0.800. The first-order valence-corrected chi connectivity index (χ1v) is 5.06. The Hall–Kier alpha value is -1.10. The van der Waals surface area contributed by atoms with Crippen LogP contribution >= 0.6 is 0 Å². The summed E-state index contributed by atoms with van der Waals surface area (Å²) in [7, 11) is 0. The minimum absolute atomic E-state index is 0.00259. The van der Waals surface area contributed by atoms with Crippen molar-refractivity contribution in [2.75, 3.05) is 13.1 Å². The van der Waals surface area contributed by atoms with E-state index in [2.05, 4.69) is 0 Å². The van der Waals surface area contributed by atoms with Gasteiger partial charge in [-0.2, -0.15) is 0 Å². The third kappa shape index (κ3) is 5.37. The molecule has 0 bridgehead atoms. The maximum absolute atomic E-state index is 10.6. The molecule has 0 saturated heterocycles. The summed E-state index contributed by atoms with van der Waals surface area (Å²) in [5, 5.41) is 17.4. The van der Waals surface area contributed by atoms with Crippen LogP contribution in [0.3, 0.4) is 0 Å². The topological polar surface area (TPSA) is 77.8 Å². The van der Waals surface area contributed by atoms with Gasteiger partial charge in [0.1, 0.15) is 0 Å². The van der Waals surface area contributed by atoms with E-state index in [1.165, 1.54) is 4.90 Å². The molecule has 0 rings (SSSR count). The van der Waals surface area contributed by atoms with E-state index in [1.807, 2.05) is 20.8 Å². The van der Waals surface area contributed by atoms with Crippen LogP contribution < -0.4 is 0 Å². The molecule has 0 saturated carbocycles. The minimum Gasteiger partial charge on any atom is -0.480 e. The van der Waals surface area contributed by atoms with Gasteiger partial charge in [0.2, 0.25) is 0 Å². The average molecular weight is 217 g/mol. The molecule has 0 aliphatic heterocycles. The van der Waals surface area contributed by atoms with Crippen LogP contribution in [0.25, 0.3) is 0 Å². The molecule has 1 unspecified atom stereocenters. The summed E-state index contributed by atoms with van der Waals surface area (Å²) in [4.78, 5) is 22.7. The summed E-state index contributed by atoms with van der Waals surface area (Å²) in [5.74, 6) is -1.74. The lowest BCUT2D eigenvalue weighted by atomic mass is 10.00. The Balaban J connectivity index is 4.56. The third-order valence-corrected chi connectivity index (χ3v) is 2.33. The molecule has 88 valence electrons. The quantitative estimate of drug-likeness (QED) is 0.662. The van der Waals surface area contributed by atoms with Gasteiger partial charge in [-0.3, -0.25) is 14.5 Å². The number of rotatable bonds is 7. The first kappa shape index (κ1) is 13.9. The SMILES string of the molecule is CCC(C(C)C)N(CC(=O)O)CC(=O)O. The number of carboxylic acids is 2. The number of hydrogen-bond acceptors (Lipinski definition) is 3. The highest BCUT2D eigenvalue weighted by Gasteiger charge is 2.23. The molecule has 0 aliphatic carbocycles.